The molecule has 33 heavy (non-hydrogen) atoms. The summed E-state index contributed by atoms with van der Waals surface area (Å²) in [6.07, 6.45) is 1.78. The summed E-state index contributed by atoms with van der Waals surface area (Å²) in [6, 6.07) is 14.4. The van der Waals surface area contributed by atoms with E-state index in [1.165, 1.54) is 28.2 Å². The first-order chi connectivity index (χ1) is 15.9. The van der Waals surface area contributed by atoms with Crippen LogP contribution in [-0.2, 0) is 21.4 Å². The van der Waals surface area contributed by atoms with E-state index in [2.05, 4.69) is 21.6 Å². The van der Waals surface area contributed by atoms with Gasteiger partial charge in [0.1, 0.15) is 0 Å². The Hall–Kier alpha value is -2.69. The lowest BCUT2D eigenvalue weighted by Crippen LogP contribution is -2.27. The molecule has 1 N–H and O–H groups in total. The Bertz CT molecular complexity index is 1230. The Balaban J connectivity index is 1.38. The van der Waals surface area contributed by atoms with Gasteiger partial charge in [0.25, 0.3) is 0 Å². The van der Waals surface area contributed by atoms with Gasteiger partial charge in [-0.1, -0.05) is 35.5 Å². The fourth-order valence-electron chi connectivity index (χ4n) is 3.79. The SMILES string of the molecule is CCn1c(SCC(=O)Nc2ccc(S(=O)(=O)N3CCCC3)cc2)nnc1-c1cccc(C)c1. The highest BCUT2D eigenvalue weighted by Crippen LogP contribution is 2.25. The van der Waals surface area contributed by atoms with Crippen molar-refractivity contribution in [3.63, 3.8) is 0 Å². The van der Waals surface area contributed by atoms with Crippen molar-refractivity contribution in [3.05, 3.63) is 54.1 Å². The third kappa shape index (κ3) is 5.29. The van der Waals surface area contributed by atoms with Crippen LogP contribution in [0.2, 0.25) is 0 Å². The van der Waals surface area contributed by atoms with Crippen molar-refractivity contribution in [1.29, 1.82) is 0 Å². The number of nitrogens with one attached hydrogen (secondary N) is 1. The predicted octanol–water partition coefficient (Wildman–Crippen LogP) is 3.79. The molecule has 0 bridgehead atoms. The Morgan fingerprint density at radius 1 is 1.09 bits per heavy atom. The number of benzene rings is 2. The molecule has 4 rings (SSSR count). The number of nitrogens with zero attached hydrogens (tertiary/aromatic N) is 4. The number of thioether (sulfide) groups is 1. The van der Waals surface area contributed by atoms with Gasteiger partial charge in [-0.15, -0.1) is 10.2 Å². The number of hydrogen-bond acceptors (Lipinski definition) is 6. The molecule has 1 amide bonds. The summed E-state index contributed by atoms with van der Waals surface area (Å²) in [6.45, 7) is 5.86. The van der Waals surface area contributed by atoms with Gasteiger partial charge in [0.05, 0.1) is 10.6 Å². The summed E-state index contributed by atoms with van der Waals surface area (Å²) in [4.78, 5) is 12.7. The van der Waals surface area contributed by atoms with Crippen LogP contribution in [0, 0.1) is 6.92 Å². The van der Waals surface area contributed by atoms with Gasteiger partial charge >= 0.3 is 0 Å². The molecule has 3 aromatic rings. The summed E-state index contributed by atoms with van der Waals surface area (Å²) in [5, 5.41) is 12.1. The number of sulfonamides is 1. The lowest BCUT2D eigenvalue weighted by Gasteiger charge is -2.15. The first-order valence-corrected chi connectivity index (χ1v) is 13.3. The number of carbonyl (C=O) groups excluding carboxylic acids is 1. The zero-order chi connectivity index (χ0) is 23.4. The van der Waals surface area contributed by atoms with Crippen LogP contribution in [0.5, 0.6) is 0 Å². The second kappa shape index (κ2) is 10.1. The quantitative estimate of drug-likeness (QED) is 0.488. The lowest BCUT2D eigenvalue weighted by molar-refractivity contribution is -0.113. The molecule has 0 saturated carbocycles. The normalized spacial score (nSPS) is 14.5. The molecule has 1 aliphatic rings. The first-order valence-electron chi connectivity index (χ1n) is 10.9. The summed E-state index contributed by atoms with van der Waals surface area (Å²) in [7, 11) is -3.46. The molecule has 2 aromatic carbocycles. The fourth-order valence-corrected chi connectivity index (χ4v) is 6.11. The average Bonchev–Trinajstić information content (AvgIpc) is 3.48. The predicted molar refractivity (Wildman–Crippen MR) is 130 cm³/mol. The number of aromatic nitrogens is 3. The van der Waals surface area contributed by atoms with Crippen LogP contribution >= 0.6 is 11.8 Å². The maximum Gasteiger partial charge on any atom is 0.243 e. The molecule has 1 aromatic heterocycles. The Morgan fingerprint density at radius 3 is 2.48 bits per heavy atom. The molecule has 174 valence electrons. The van der Waals surface area contributed by atoms with Crippen molar-refractivity contribution in [2.24, 2.45) is 0 Å². The summed E-state index contributed by atoms with van der Waals surface area (Å²) >= 11 is 1.32. The van der Waals surface area contributed by atoms with E-state index in [1.54, 1.807) is 12.1 Å². The molecule has 0 unspecified atom stereocenters. The number of hydrogen-bond donors (Lipinski definition) is 1. The van der Waals surface area contributed by atoms with Gasteiger partial charge in [0.15, 0.2) is 11.0 Å². The van der Waals surface area contributed by atoms with E-state index in [4.69, 9.17) is 0 Å². The van der Waals surface area contributed by atoms with Crippen LogP contribution in [0.3, 0.4) is 0 Å². The molecule has 1 aliphatic heterocycles. The standard InChI is InChI=1S/C23H27N5O3S2/c1-3-28-22(18-8-6-7-17(2)15-18)25-26-23(28)32-16-21(29)24-19-9-11-20(12-10-19)33(30,31)27-13-4-5-14-27/h6-12,15H,3-5,13-14,16H2,1-2H3,(H,24,29). The van der Waals surface area contributed by atoms with Gasteiger partial charge in [-0.25, -0.2) is 8.42 Å². The minimum atomic E-state index is -3.46. The van der Waals surface area contributed by atoms with Crippen molar-refractivity contribution < 1.29 is 13.2 Å². The molecule has 1 fully saturated rings. The van der Waals surface area contributed by atoms with E-state index in [0.29, 0.717) is 30.5 Å². The van der Waals surface area contributed by atoms with Gasteiger partial charge in [-0.3, -0.25) is 4.79 Å². The molecule has 0 aliphatic carbocycles. The third-order valence-electron chi connectivity index (χ3n) is 5.48. The molecule has 1 saturated heterocycles. The van der Waals surface area contributed by atoms with Crippen LogP contribution in [0.4, 0.5) is 5.69 Å². The van der Waals surface area contributed by atoms with Gasteiger partial charge in [0, 0.05) is 30.9 Å². The third-order valence-corrected chi connectivity index (χ3v) is 8.36. The number of amides is 1. The smallest absolute Gasteiger partial charge is 0.243 e. The van der Waals surface area contributed by atoms with E-state index in [9.17, 15) is 13.2 Å². The number of anilines is 1. The summed E-state index contributed by atoms with van der Waals surface area (Å²) < 4.78 is 28.8. The number of carbonyl (C=O) groups is 1. The van der Waals surface area contributed by atoms with Crippen LogP contribution < -0.4 is 5.32 Å². The minimum Gasteiger partial charge on any atom is -0.325 e. The molecule has 0 radical (unpaired) electrons. The molecular formula is C23H27N5O3S2. The highest BCUT2D eigenvalue weighted by molar-refractivity contribution is 7.99. The second-order valence-electron chi connectivity index (χ2n) is 7.89. The van der Waals surface area contributed by atoms with Crippen LogP contribution in [-0.4, -0.2) is 52.2 Å². The molecule has 10 heteroatoms. The number of aryl methyl sites for hydroxylation is 1. The van der Waals surface area contributed by atoms with Crippen LogP contribution in [0.1, 0.15) is 25.3 Å². The highest BCUT2D eigenvalue weighted by Gasteiger charge is 2.27. The Morgan fingerprint density at radius 2 is 1.82 bits per heavy atom. The van der Waals surface area contributed by atoms with Crippen molar-refractivity contribution in [1.82, 2.24) is 19.1 Å². The maximum atomic E-state index is 12.6. The topological polar surface area (TPSA) is 97.2 Å². The Kier molecular flexibility index (Phi) is 7.16. The zero-order valence-electron chi connectivity index (χ0n) is 18.7. The fraction of sp³-hybridized carbons (Fsp3) is 0.348. The van der Waals surface area contributed by atoms with E-state index in [-0.39, 0.29) is 16.6 Å². The summed E-state index contributed by atoms with van der Waals surface area (Å²) in [5.74, 6) is 0.747. The first kappa shape index (κ1) is 23.5. The zero-order valence-corrected chi connectivity index (χ0v) is 20.3. The van der Waals surface area contributed by atoms with E-state index in [1.807, 2.05) is 36.6 Å². The molecule has 8 nitrogen and oxygen atoms in total. The maximum absolute atomic E-state index is 12.6. The summed E-state index contributed by atoms with van der Waals surface area (Å²) in [5.41, 5.74) is 2.69. The largest absolute Gasteiger partial charge is 0.325 e. The second-order valence-corrected chi connectivity index (χ2v) is 10.8. The van der Waals surface area contributed by atoms with Crippen LogP contribution in [0.15, 0.2) is 58.6 Å². The Labute approximate surface area is 198 Å². The number of rotatable bonds is 8. The van der Waals surface area contributed by atoms with Gasteiger partial charge < -0.3 is 9.88 Å². The van der Waals surface area contributed by atoms with E-state index in [0.717, 1.165) is 29.8 Å². The van der Waals surface area contributed by atoms with Crippen molar-refractivity contribution in [2.45, 2.75) is 43.3 Å². The molecule has 0 atom stereocenters. The average molecular weight is 486 g/mol. The lowest BCUT2D eigenvalue weighted by atomic mass is 10.1. The van der Waals surface area contributed by atoms with Crippen molar-refractivity contribution in [2.75, 3.05) is 24.2 Å². The van der Waals surface area contributed by atoms with Gasteiger partial charge in [0.2, 0.25) is 15.9 Å². The van der Waals surface area contributed by atoms with E-state index >= 15 is 0 Å². The molecular weight excluding hydrogens is 458 g/mol. The minimum absolute atomic E-state index is 0.166. The van der Waals surface area contributed by atoms with Crippen LogP contribution in [0.25, 0.3) is 11.4 Å². The van der Waals surface area contributed by atoms with E-state index < -0.39 is 10.0 Å². The van der Waals surface area contributed by atoms with Crippen molar-refractivity contribution in [3.8, 4) is 11.4 Å². The van der Waals surface area contributed by atoms with Gasteiger partial charge in [-0.2, -0.15) is 4.31 Å². The van der Waals surface area contributed by atoms with Gasteiger partial charge in [-0.05, 0) is 57.0 Å². The highest BCUT2D eigenvalue weighted by atomic mass is 32.2. The van der Waals surface area contributed by atoms with Crippen molar-refractivity contribution >= 4 is 33.4 Å². The molecule has 2 heterocycles. The monoisotopic (exact) mass is 485 g/mol. The molecule has 0 spiro atoms.